The smallest absolute Gasteiger partial charge is 0 e. The van der Waals surface area contributed by atoms with Crippen LogP contribution in [0, 0.1) is 0 Å². The summed E-state index contributed by atoms with van der Waals surface area (Å²) in [5, 5.41) is 0. The molecule has 0 heterocycles. The maximum absolute atomic E-state index is 0. The Bertz CT molecular complexity index is 9.30. The number of hydrogen-bond donors (Lipinski definition) is 0. The van der Waals surface area contributed by atoms with Crippen molar-refractivity contribution < 1.29 is 215 Å². The van der Waals surface area contributed by atoms with Gasteiger partial charge < -0.3 is 0 Å². The van der Waals surface area contributed by atoms with E-state index in [-0.39, 0.29) is 215 Å². The van der Waals surface area contributed by atoms with E-state index < -0.39 is 0 Å². The minimum absolute atomic E-state index is 0. The molecule has 0 spiro atoms. The fourth-order valence-electron chi connectivity index (χ4n) is 0. The van der Waals surface area contributed by atoms with Crippen molar-refractivity contribution in [3.8, 4) is 0 Å². The summed E-state index contributed by atoms with van der Waals surface area (Å²) in [7, 11) is 0. The van der Waals surface area contributed by atoms with Crippen LogP contribution in [0.5, 0.6) is 0 Å². The zero-order valence-corrected chi connectivity index (χ0v) is 18.8. The van der Waals surface area contributed by atoms with Crippen LogP contribution < -0.4 is 0 Å². The molecule has 0 rings (SSSR count). The van der Waals surface area contributed by atoms with Crippen LogP contribution in [0.25, 0.3) is 0 Å². The summed E-state index contributed by atoms with van der Waals surface area (Å²) in [6.45, 7) is 0. The summed E-state index contributed by atoms with van der Waals surface area (Å²) >= 11 is 0. The van der Waals surface area contributed by atoms with Crippen LogP contribution >= 0.6 is 0 Å². The zero-order chi connectivity index (χ0) is 0. The molecule has 0 fully saturated rings. The van der Waals surface area contributed by atoms with E-state index in [1.54, 1.807) is 0 Å². The third-order valence-corrected chi connectivity index (χ3v) is 0. The first-order chi connectivity index (χ1) is 0. The molecule has 100 valence electrons. The molecule has 0 unspecified atom stereocenters. The zero-order valence-electron chi connectivity index (χ0n) is 3.91. The third kappa shape index (κ3) is 79.5. The van der Waals surface area contributed by atoms with Crippen LogP contribution in [0.2, 0.25) is 0 Å². The average molecular weight is 782 g/mol. The van der Waals surface area contributed by atoms with Gasteiger partial charge in [-0.25, -0.2) is 0 Å². The normalized spacial score (nSPS) is 0. The van der Waals surface area contributed by atoms with E-state index in [2.05, 4.69) is 0 Å². The summed E-state index contributed by atoms with van der Waals surface area (Å²) in [4.78, 5) is 0. The average Bonchev–Trinajstić information content (AvgIpc) is 0. The van der Waals surface area contributed by atoms with Crippen LogP contribution in [0.4, 0.5) is 0 Å². The van der Waals surface area contributed by atoms with Crippen molar-refractivity contribution in [2.45, 2.75) is 0 Å². The molecule has 0 N–H and O–H groups in total. The molecule has 0 nitrogen and oxygen atoms in total. The summed E-state index contributed by atoms with van der Waals surface area (Å²) in [6, 6.07) is 0. The quantitative estimate of drug-likeness (QED) is 0.304. The predicted octanol–water partition coefficient (Wildman–Crippen LogP) is -0.0275. The predicted molar refractivity (Wildman–Crippen MR) is 0 cm³/mol. The van der Waals surface area contributed by atoms with Gasteiger partial charge in [0.05, 0.1) is 0 Å². The van der Waals surface area contributed by atoms with Crippen molar-refractivity contribution in [1.82, 2.24) is 0 Å². The maximum atomic E-state index is 0. The van der Waals surface area contributed by atoms with Gasteiger partial charge in [0.15, 0.2) is 0 Å². The van der Waals surface area contributed by atoms with E-state index in [1.807, 2.05) is 0 Å². The van der Waals surface area contributed by atoms with Crippen molar-refractivity contribution in [3.63, 3.8) is 0 Å². The minimum Gasteiger partial charge on any atom is 0 e. The monoisotopic (exact) mass is 773 g/mol. The summed E-state index contributed by atoms with van der Waals surface area (Å²) < 4.78 is 0. The van der Waals surface area contributed by atoms with Crippen molar-refractivity contribution in [2.75, 3.05) is 0 Å². The first-order valence-corrected chi connectivity index (χ1v) is 0. The Morgan fingerprint density at radius 3 is 0.182 bits per heavy atom. The van der Waals surface area contributed by atoms with Crippen LogP contribution in [-0.4, -0.2) is 0 Å². The van der Waals surface area contributed by atoms with E-state index >= 15 is 0 Å². The van der Waals surface area contributed by atoms with Crippen molar-refractivity contribution in [1.29, 1.82) is 0 Å². The van der Waals surface area contributed by atoms with Gasteiger partial charge in [0.1, 0.15) is 0 Å². The Balaban J connectivity index is 0. The second kappa shape index (κ2) is 90.6. The molecule has 0 atom stereocenters. The Kier molecular flexibility index (Phi) is 895. The molecule has 11 heavy (non-hydrogen) atoms. The molecule has 0 saturated carbocycles. The van der Waals surface area contributed by atoms with Gasteiger partial charge >= 0.3 is 0 Å². The van der Waals surface area contributed by atoms with E-state index in [1.165, 1.54) is 0 Å². The largest absolute Gasteiger partial charge is 0 e. The molecular formula is Cu8Zr3. The molecular weight excluding hydrogens is 782 g/mol. The summed E-state index contributed by atoms with van der Waals surface area (Å²) in [6.07, 6.45) is 0. The Morgan fingerprint density at radius 2 is 0.182 bits per heavy atom. The van der Waals surface area contributed by atoms with Crippen LogP contribution in [0.15, 0.2) is 0 Å². The van der Waals surface area contributed by atoms with Gasteiger partial charge in [-0.3, -0.25) is 0 Å². The second-order valence-electron chi connectivity index (χ2n) is 0. The van der Waals surface area contributed by atoms with Gasteiger partial charge in [0, 0.05) is 215 Å². The topological polar surface area (TPSA) is 0 Å². The Labute approximate surface area is 210 Å². The van der Waals surface area contributed by atoms with Gasteiger partial charge in [0.2, 0.25) is 0 Å². The molecule has 0 bridgehead atoms. The van der Waals surface area contributed by atoms with E-state index in [0.717, 1.165) is 0 Å². The summed E-state index contributed by atoms with van der Waals surface area (Å²) in [5.74, 6) is 0. The first kappa shape index (κ1) is 109. The van der Waals surface area contributed by atoms with Crippen molar-refractivity contribution in [2.24, 2.45) is 0 Å². The molecule has 0 aliphatic rings. The van der Waals surface area contributed by atoms with E-state index in [4.69, 9.17) is 0 Å². The van der Waals surface area contributed by atoms with Crippen LogP contribution in [-0.2, 0) is 215 Å². The molecule has 0 saturated heterocycles. The van der Waals surface area contributed by atoms with Gasteiger partial charge in [-0.15, -0.1) is 0 Å². The van der Waals surface area contributed by atoms with Crippen LogP contribution in [0.3, 0.4) is 0 Å². The molecule has 0 aliphatic carbocycles. The van der Waals surface area contributed by atoms with Gasteiger partial charge in [0.25, 0.3) is 0 Å². The minimum atomic E-state index is 0. The van der Waals surface area contributed by atoms with E-state index in [9.17, 15) is 0 Å². The van der Waals surface area contributed by atoms with E-state index in [0.29, 0.717) is 0 Å². The summed E-state index contributed by atoms with van der Waals surface area (Å²) in [5.41, 5.74) is 0. The fourth-order valence-corrected chi connectivity index (χ4v) is 0. The van der Waals surface area contributed by atoms with Crippen molar-refractivity contribution in [3.05, 3.63) is 0 Å². The van der Waals surface area contributed by atoms with Gasteiger partial charge in [-0.2, -0.15) is 0 Å². The molecule has 0 aliphatic heterocycles. The molecule has 0 aromatic rings. The number of rotatable bonds is 0. The molecule has 0 amide bonds. The Morgan fingerprint density at radius 1 is 0.182 bits per heavy atom. The Hall–Kier alpha value is 6.81. The van der Waals surface area contributed by atoms with Gasteiger partial charge in [-0.05, 0) is 0 Å². The maximum Gasteiger partial charge on any atom is 0 e. The first-order valence-electron chi connectivity index (χ1n) is 0. The SMILES string of the molecule is [Cu].[Cu].[Cu].[Cu].[Cu].[Cu].[Cu].[Cu].[Zr].[Zr].[Zr]. The standard InChI is InChI=1S/8Cu.3Zr. The van der Waals surface area contributed by atoms with Gasteiger partial charge in [-0.1, -0.05) is 0 Å². The number of hydrogen-bond acceptors (Lipinski definition) is 0. The molecule has 0 aromatic carbocycles. The molecule has 11 heteroatoms. The van der Waals surface area contributed by atoms with Crippen LogP contribution in [0.1, 0.15) is 0 Å². The third-order valence-electron chi connectivity index (χ3n) is 0. The second-order valence-corrected chi connectivity index (χ2v) is 0. The molecule has 8 radical (unpaired) electrons. The fraction of sp³-hybridized carbons (Fsp3) is 0. The molecule has 0 aromatic heterocycles. The van der Waals surface area contributed by atoms with Crippen molar-refractivity contribution >= 4 is 0 Å².